The Morgan fingerprint density at radius 3 is 2.26 bits per heavy atom. The van der Waals surface area contributed by atoms with Gasteiger partial charge in [-0.3, -0.25) is 0 Å². The maximum atomic E-state index is 12.6. The Balaban J connectivity index is 2.27. The molecule has 5 heteroatoms. The molecule has 0 spiro atoms. The van der Waals surface area contributed by atoms with Crippen molar-refractivity contribution in [1.29, 1.82) is 0 Å². The normalized spacial score (nSPS) is 17.2. The number of hydrogen-bond donors (Lipinski definition) is 0. The zero-order chi connectivity index (χ0) is 13.9. The summed E-state index contributed by atoms with van der Waals surface area (Å²) in [5.74, 6) is 0.403. The molecule has 0 bridgehead atoms. The molecule has 0 amide bonds. The van der Waals surface area contributed by atoms with Gasteiger partial charge in [0.2, 0.25) is 10.0 Å². The third-order valence-electron chi connectivity index (χ3n) is 3.73. The summed E-state index contributed by atoms with van der Waals surface area (Å²) < 4.78 is 26.9. The molecule has 0 unspecified atom stereocenters. The molecule has 2 rings (SSSR count). The number of alkyl halides is 1. The lowest BCUT2D eigenvalue weighted by atomic mass is 10.2. The van der Waals surface area contributed by atoms with E-state index in [9.17, 15) is 8.42 Å². The van der Waals surface area contributed by atoms with Gasteiger partial charge in [0.05, 0.1) is 4.90 Å². The number of hydrogen-bond acceptors (Lipinski definition) is 2. The Kier molecular flexibility index (Phi) is 4.87. The predicted octanol–water partition coefficient (Wildman–Crippen LogP) is 3.38. The Bertz CT molecular complexity index is 507. The van der Waals surface area contributed by atoms with E-state index in [4.69, 9.17) is 11.6 Å². The van der Waals surface area contributed by atoms with Crippen LogP contribution in [0.3, 0.4) is 0 Å². The van der Waals surface area contributed by atoms with Crippen LogP contribution in [0.2, 0.25) is 0 Å². The molecule has 1 aliphatic rings. The molecule has 0 radical (unpaired) electrons. The zero-order valence-electron chi connectivity index (χ0n) is 11.2. The third-order valence-corrected chi connectivity index (χ3v) is 6.08. The molecule has 3 nitrogen and oxygen atoms in total. The van der Waals surface area contributed by atoms with Crippen molar-refractivity contribution < 1.29 is 8.42 Å². The van der Waals surface area contributed by atoms with Gasteiger partial charge in [-0.2, -0.15) is 4.31 Å². The van der Waals surface area contributed by atoms with Crippen LogP contribution in [0.15, 0.2) is 29.2 Å². The molecule has 0 aliphatic heterocycles. The van der Waals surface area contributed by atoms with Crippen LogP contribution >= 0.6 is 11.6 Å². The first-order chi connectivity index (χ1) is 9.09. The number of halogens is 1. The van der Waals surface area contributed by atoms with Crippen LogP contribution in [0.25, 0.3) is 0 Å². The quantitative estimate of drug-likeness (QED) is 0.782. The number of nitrogens with zero attached hydrogens (tertiary/aromatic N) is 1. The van der Waals surface area contributed by atoms with Crippen LogP contribution in [0.5, 0.6) is 0 Å². The fraction of sp³-hybridized carbons (Fsp3) is 0.571. The molecule has 19 heavy (non-hydrogen) atoms. The molecule has 1 aliphatic carbocycles. The standard InChI is InChI=1S/C14H20ClNO2S/c1-2-16(13-5-3-4-6-13)19(17,18)14-9-7-12(11-15)8-10-14/h7-10,13H,2-6,11H2,1H3. The first-order valence-electron chi connectivity index (χ1n) is 6.76. The Labute approximate surface area is 120 Å². The third kappa shape index (κ3) is 3.12. The molecule has 1 saturated carbocycles. The molecule has 1 fully saturated rings. The van der Waals surface area contributed by atoms with E-state index < -0.39 is 10.0 Å². The molecule has 1 aromatic rings. The highest BCUT2D eigenvalue weighted by atomic mass is 35.5. The van der Waals surface area contributed by atoms with Gasteiger partial charge in [0, 0.05) is 18.5 Å². The van der Waals surface area contributed by atoms with E-state index in [0.29, 0.717) is 17.3 Å². The molecular formula is C14H20ClNO2S. The highest BCUT2D eigenvalue weighted by Crippen LogP contribution is 2.28. The van der Waals surface area contributed by atoms with Gasteiger partial charge in [0.25, 0.3) is 0 Å². The molecule has 106 valence electrons. The van der Waals surface area contributed by atoms with Crippen molar-refractivity contribution in [3.8, 4) is 0 Å². The van der Waals surface area contributed by atoms with Gasteiger partial charge in [-0.05, 0) is 30.5 Å². The van der Waals surface area contributed by atoms with Gasteiger partial charge in [-0.1, -0.05) is 31.9 Å². The molecule has 0 aromatic heterocycles. The topological polar surface area (TPSA) is 37.4 Å². The number of benzene rings is 1. The van der Waals surface area contributed by atoms with Crippen LogP contribution in [-0.2, 0) is 15.9 Å². The second-order valence-corrected chi connectivity index (χ2v) is 7.08. The van der Waals surface area contributed by atoms with E-state index in [1.807, 2.05) is 6.92 Å². The minimum absolute atomic E-state index is 0.169. The monoisotopic (exact) mass is 301 g/mol. The maximum absolute atomic E-state index is 12.6. The van der Waals surface area contributed by atoms with Crippen LogP contribution in [0.1, 0.15) is 38.2 Å². The van der Waals surface area contributed by atoms with E-state index in [2.05, 4.69) is 0 Å². The average Bonchev–Trinajstić information content (AvgIpc) is 2.93. The molecule has 0 heterocycles. The Hall–Kier alpha value is -0.580. The van der Waals surface area contributed by atoms with Gasteiger partial charge in [0.15, 0.2) is 0 Å². The SMILES string of the molecule is CCN(C1CCCC1)S(=O)(=O)c1ccc(CCl)cc1. The van der Waals surface area contributed by atoms with Crippen molar-refractivity contribution in [2.75, 3.05) is 6.54 Å². The van der Waals surface area contributed by atoms with Crippen molar-refractivity contribution in [3.05, 3.63) is 29.8 Å². The number of rotatable bonds is 5. The lowest BCUT2D eigenvalue weighted by molar-refractivity contribution is 0.335. The lowest BCUT2D eigenvalue weighted by Crippen LogP contribution is -2.38. The lowest BCUT2D eigenvalue weighted by Gasteiger charge is -2.26. The summed E-state index contributed by atoms with van der Waals surface area (Å²) in [5.41, 5.74) is 0.935. The fourth-order valence-corrected chi connectivity index (χ4v) is 4.57. The maximum Gasteiger partial charge on any atom is 0.243 e. The van der Waals surface area contributed by atoms with Gasteiger partial charge in [-0.15, -0.1) is 11.6 Å². The summed E-state index contributed by atoms with van der Waals surface area (Å²) in [5, 5.41) is 0. The summed E-state index contributed by atoms with van der Waals surface area (Å²) in [4.78, 5) is 0.370. The molecule has 0 saturated heterocycles. The first-order valence-corrected chi connectivity index (χ1v) is 8.73. The van der Waals surface area contributed by atoms with Crippen molar-refractivity contribution in [2.24, 2.45) is 0 Å². The van der Waals surface area contributed by atoms with Gasteiger partial charge >= 0.3 is 0 Å². The minimum atomic E-state index is -3.37. The van der Waals surface area contributed by atoms with Gasteiger partial charge in [0.1, 0.15) is 0 Å². The van der Waals surface area contributed by atoms with E-state index in [1.54, 1.807) is 28.6 Å². The van der Waals surface area contributed by atoms with Gasteiger partial charge < -0.3 is 0 Å². The first kappa shape index (κ1) is 14.8. The summed E-state index contributed by atoms with van der Waals surface area (Å²) in [6.07, 6.45) is 4.21. The molecule has 0 N–H and O–H groups in total. The summed E-state index contributed by atoms with van der Waals surface area (Å²) in [6.45, 7) is 2.44. The van der Waals surface area contributed by atoms with Crippen molar-refractivity contribution in [3.63, 3.8) is 0 Å². The smallest absolute Gasteiger partial charge is 0.207 e. The molecule has 0 atom stereocenters. The van der Waals surface area contributed by atoms with Crippen LogP contribution < -0.4 is 0 Å². The van der Waals surface area contributed by atoms with E-state index >= 15 is 0 Å². The summed E-state index contributed by atoms with van der Waals surface area (Å²) in [6, 6.07) is 7.04. The van der Waals surface area contributed by atoms with Gasteiger partial charge in [-0.25, -0.2) is 8.42 Å². The highest BCUT2D eigenvalue weighted by molar-refractivity contribution is 7.89. The predicted molar refractivity (Wildman–Crippen MR) is 77.8 cm³/mol. The number of sulfonamides is 1. The summed E-state index contributed by atoms with van der Waals surface area (Å²) >= 11 is 5.73. The van der Waals surface area contributed by atoms with Crippen LogP contribution in [-0.4, -0.2) is 25.3 Å². The van der Waals surface area contributed by atoms with Crippen molar-refractivity contribution in [2.45, 2.75) is 49.4 Å². The molecule has 1 aromatic carbocycles. The zero-order valence-corrected chi connectivity index (χ0v) is 12.8. The second-order valence-electron chi connectivity index (χ2n) is 4.92. The summed E-state index contributed by atoms with van der Waals surface area (Å²) in [7, 11) is -3.37. The Morgan fingerprint density at radius 2 is 1.79 bits per heavy atom. The van der Waals surface area contributed by atoms with E-state index in [-0.39, 0.29) is 6.04 Å². The Morgan fingerprint density at radius 1 is 1.21 bits per heavy atom. The highest BCUT2D eigenvalue weighted by Gasteiger charge is 2.31. The average molecular weight is 302 g/mol. The van der Waals surface area contributed by atoms with Crippen molar-refractivity contribution in [1.82, 2.24) is 4.31 Å². The fourth-order valence-electron chi connectivity index (χ4n) is 2.70. The van der Waals surface area contributed by atoms with Crippen LogP contribution in [0.4, 0.5) is 0 Å². The second kappa shape index (κ2) is 6.25. The molecular weight excluding hydrogens is 282 g/mol. The van der Waals surface area contributed by atoms with Crippen LogP contribution in [0, 0.1) is 0 Å². The minimum Gasteiger partial charge on any atom is -0.207 e. The van der Waals surface area contributed by atoms with E-state index in [1.165, 1.54) is 0 Å². The largest absolute Gasteiger partial charge is 0.243 e. The van der Waals surface area contributed by atoms with E-state index in [0.717, 1.165) is 31.2 Å². The van der Waals surface area contributed by atoms with Crippen molar-refractivity contribution >= 4 is 21.6 Å².